The zero-order valence-electron chi connectivity index (χ0n) is 9.40. The van der Waals surface area contributed by atoms with E-state index in [2.05, 4.69) is 10.2 Å². The largest absolute Gasteiger partial charge is 0.479 e. The van der Waals surface area contributed by atoms with Gasteiger partial charge in [-0.05, 0) is 26.0 Å². The Hall–Kier alpha value is -2.17. The third kappa shape index (κ3) is 1.28. The minimum atomic E-state index is -0.577. The van der Waals surface area contributed by atoms with Crippen LogP contribution < -0.4 is 0 Å². The molecule has 0 radical (unpaired) electrons. The SMILES string of the molecule is CC1(C)C=CC2=C(O1)C(=O)c1[nH]ncc1C2=O. The maximum atomic E-state index is 12.1. The van der Waals surface area contributed by atoms with E-state index in [1.807, 2.05) is 13.8 Å². The van der Waals surface area contributed by atoms with Gasteiger partial charge in [-0.1, -0.05) is 0 Å². The van der Waals surface area contributed by atoms with Crippen LogP contribution in [-0.4, -0.2) is 27.4 Å². The molecule has 0 fully saturated rings. The molecule has 1 N–H and O–H groups in total. The van der Waals surface area contributed by atoms with Gasteiger partial charge in [0.1, 0.15) is 11.3 Å². The van der Waals surface area contributed by atoms with Crippen molar-refractivity contribution < 1.29 is 14.3 Å². The van der Waals surface area contributed by atoms with Crippen molar-refractivity contribution in [1.82, 2.24) is 10.2 Å². The molecule has 0 unspecified atom stereocenters. The number of carbonyl (C=O) groups is 2. The molecule has 5 heteroatoms. The number of nitrogens with zero attached hydrogens (tertiary/aromatic N) is 1. The van der Waals surface area contributed by atoms with E-state index in [1.54, 1.807) is 12.2 Å². The summed E-state index contributed by atoms with van der Waals surface area (Å²) in [7, 11) is 0. The van der Waals surface area contributed by atoms with Crippen LogP contribution in [0.15, 0.2) is 29.7 Å². The Bertz CT molecular complexity index is 605. The van der Waals surface area contributed by atoms with E-state index < -0.39 is 5.60 Å². The quantitative estimate of drug-likeness (QED) is 0.731. The topological polar surface area (TPSA) is 72.1 Å². The summed E-state index contributed by atoms with van der Waals surface area (Å²) >= 11 is 0. The zero-order chi connectivity index (χ0) is 12.2. The van der Waals surface area contributed by atoms with Crippen molar-refractivity contribution in [3.63, 3.8) is 0 Å². The third-order valence-corrected chi connectivity index (χ3v) is 2.82. The second-order valence-electron chi connectivity index (χ2n) is 4.60. The van der Waals surface area contributed by atoms with Gasteiger partial charge in [0.25, 0.3) is 0 Å². The first kappa shape index (κ1) is 10.0. The number of rotatable bonds is 0. The smallest absolute Gasteiger partial charge is 0.246 e. The molecule has 0 atom stereocenters. The van der Waals surface area contributed by atoms with E-state index in [1.165, 1.54) is 6.20 Å². The number of allylic oxidation sites excluding steroid dienone is 3. The van der Waals surface area contributed by atoms with Crippen LogP contribution in [0.4, 0.5) is 0 Å². The fourth-order valence-electron chi connectivity index (χ4n) is 1.95. The molecule has 1 aliphatic carbocycles. The molecule has 2 heterocycles. The van der Waals surface area contributed by atoms with E-state index >= 15 is 0 Å². The molecule has 5 nitrogen and oxygen atoms in total. The van der Waals surface area contributed by atoms with Crippen LogP contribution in [0.3, 0.4) is 0 Å². The second kappa shape index (κ2) is 2.94. The number of ether oxygens (including phenoxy) is 1. The highest BCUT2D eigenvalue weighted by atomic mass is 16.5. The fourth-order valence-corrected chi connectivity index (χ4v) is 1.95. The highest BCUT2D eigenvalue weighted by molar-refractivity contribution is 6.26. The lowest BCUT2D eigenvalue weighted by Gasteiger charge is -2.30. The van der Waals surface area contributed by atoms with Crippen LogP contribution in [0.1, 0.15) is 34.7 Å². The van der Waals surface area contributed by atoms with Crippen molar-refractivity contribution in [2.45, 2.75) is 19.4 Å². The Morgan fingerprint density at radius 2 is 2.06 bits per heavy atom. The van der Waals surface area contributed by atoms with Crippen LogP contribution >= 0.6 is 0 Å². The van der Waals surface area contributed by atoms with Gasteiger partial charge in [-0.25, -0.2) is 0 Å². The molecular formula is C12H10N2O3. The minimum absolute atomic E-state index is 0.110. The maximum absolute atomic E-state index is 12.1. The van der Waals surface area contributed by atoms with Gasteiger partial charge in [-0.3, -0.25) is 14.7 Å². The van der Waals surface area contributed by atoms with Crippen molar-refractivity contribution >= 4 is 11.6 Å². The highest BCUT2D eigenvalue weighted by Crippen LogP contribution is 2.33. The molecule has 2 aliphatic rings. The Morgan fingerprint density at radius 1 is 1.29 bits per heavy atom. The molecule has 86 valence electrons. The number of H-pyrrole nitrogens is 1. The monoisotopic (exact) mass is 230 g/mol. The molecule has 17 heavy (non-hydrogen) atoms. The van der Waals surface area contributed by atoms with Crippen LogP contribution in [-0.2, 0) is 4.74 Å². The first-order valence-corrected chi connectivity index (χ1v) is 5.25. The summed E-state index contributed by atoms with van der Waals surface area (Å²) in [6, 6.07) is 0. The molecule has 0 amide bonds. The van der Waals surface area contributed by atoms with E-state index in [4.69, 9.17) is 4.74 Å². The van der Waals surface area contributed by atoms with Gasteiger partial charge in [-0.15, -0.1) is 0 Å². The number of Topliss-reactive ketones (excluding diaryl/α,β-unsaturated/α-hetero) is 2. The second-order valence-corrected chi connectivity index (χ2v) is 4.60. The predicted molar refractivity (Wildman–Crippen MR) is 58.6 cm³/mol. The van der Waals surface area contributed by atoms with E-state index in [0.717, 1.165) is 0 Å². The number of aromatic amines is 1. The lowest BCUT2D eigenvalue weighted by atomic mass is 9.89. The van der Waals surface area contributed by atoms with Crippen molar-refractivity contribution in [3.05, 3.63) is 40.9 Å². The number of hydrogen-bond donors (Lipinski definition) is 1. The van der Waals surface area contributed by atoms with Crippen LogP contribution in [0.5, 0.6) is 0 Å². The van der Waals surface area contributed by atoms with Crippen LogP contribution in [0.25, 0.3) is 0 Å². The van der Waals surface area contributed by atoms with Gasteiger partial charge in [0.05, 0.1) is 17.3 Å². The summed E-state index contributed by atoms with van der Waals surface area (Å²) in [6.45, 7) is 3.65. The predicted octanol–water partition coefficient (Wildman–Crippen LogP) is 1.41. The molecule has 0 saturated heterocycles. The Balaban J connectivity index is 2.19. The number of aromatic nitrogens is 2. The Labute approximate surface area is 97.2 Å². The van der Waals surface area contributed by atoms with E-state index in [-0.39, 0.29) is 23.0 Å². The molecule has 3 rings (SSSR count). The van der Waals surface area contributed by atoms with Gasteiger partial charge in [0.2, 0.25) is 11.6 Å². The number of fused-ring (bicyclic) bond motifs is 1. The standard InChI is InChI=1S/C12H10N2O3/c1-12(2)4-3-6-9(15)7-5-13-14-8(7)10(16)11(6)17-12/h3-5H,1-2H3,(H,13,14). The summed E-state index contributed by atoms with van der Waals surface area (Å²) in [5, 5.41) is 6.27. The summed E-state index contributed by atoms with van der Waals surface area (Å²) in [6.07, 6.45) is 4.78. The van der Waals surface area contributed by atoms with Crippen LogP contribution in [0, 0.1) is 0 Å². The molecule has 0 bridgehead atoms. The summed E-state index contributed by atoms with van der Waals surface area (Å²) in [4.78, 5) is 24.2. The van der Waals surface area contributed by atoms with Crippen molar-refractivity contribution in [1.29, 1.82) is 0 Å². The Kier molecular flexibility index (Phi) is 1.73. The van der Waals surface area contributed by atoms with E-state index in [0.29, 0.717) is 11.1 Å². The molecule has 0 aromatic carbocycles. The fraction of sp³-hybridized carbons (Fsp3) is 0.250. The average molecular weight is 230 g/mol. The molecule has 1 aromatic heterocycles. The summed E-state index contributed by atoms with van der Waals surface area (Å²) in [5.41, 5.74) is 0.247. The van der Waals surface area contributed by atoms with E-state index in [9.17, 15) is 9.59 Å². The normalized spacial score (nSPS) is 21.1. The lowest BCUT2D eigenvalue weighted by Crippen LogP contribution is -2.32. The summed E-state index contributed by atoms with van der Waals surface area (Å²) in [5.74, 6) is -0.432. The van der Waals surface area contributed by atoms with Gasteiger partial charge in [-0.2, -0.15) is 5.10 Å². The molecule has 1 aliphatic heterocycles. The number of hydrogen-bond acceptors (Lipinski definition) is 4. The summed E-state index contributed by atoms with van der Waals surface area (Å²) < 4.78 is 5.56. The zero-order valence-corrected chi connectivity index (χ0v) is 9.40. The van der Waals surface area contributed by atoms with Gasteiger partial charge < -0.3 is 4.74 Å². The molecule has 0 spiro atoms. The number of ketones is 2. The molecular weight excluding hydrogens is 220 g/mol. The average Bonchev–Trinajstić information content (AvgIpc) is 2.74. The highest BCUT2D eigenvalue weighted by Gasteiger charge is 2.38. The van der Waals surface area contributed by atoms with Crippen molar-refractivity contribution in [2.24, 2.45) is 0 Å². The van der Waals surface area contributed by atoms with Gasteiger partial charge in [0, 0.05) is 0 Å². The first-order valence-electron chi connectivity index (χ1n) is 5.25. The van der Waals surface area contributed by atoms with Crippen LogP contribution in [0.2, 0.25) is 0 Å². The molecule has 0 saturated carbocycles. The number of carbonyl (C=O) groups excluding carboxylic acids is 2. The maximum Gasteiger partial charge on any atom is 0.246 e. The first-order chi connectivity index (χ1) is 7.99. The lowest BCUT2D eigenvalue weighted by molar-refractivity contribution is 0.0541. The number of nitrogens with one attached hydrogen (secondary N) is 1. The third-order valence-electron chi connectivity index (χ3n) is 2.82. The van der Waals surface area contributed by atoms with Crippen molar-refractivity contribution in [3.8, 4) is 0 Å². The molecule has 1 aromatic rings. The van der Waals surface area contributed by atoms with Gasteiger partial charge >= 0.3 is 0 Å². The van der Waals surface area contributed by atoms with Crippen molar-refractivity contribution in [2.75, 3.05) is 0 Å². The Morgan fingerprint density at radius 3 is 2.82 bits per heavy atom. The van der Waals surface area contributed by atoms with Gasteiger partial charge in [0.15, 0.2) is 5.76 Å². The minimum Gasteiger partial charge on any atom is -0.479 e.